The zero-order valence-electron chi connectivity index (χ0n) is 10.6. The van der Waals surface area contributed by atoms with Crippen LogP contribution in [0.3, 0.4) is 0 Å². The third kappa shape index (κ3) is 3.86. The summed E-state index contributed by atoms with van der Waals surface area (Å²) in [6.07, 6.45) is -2.06. The molecule has 0 aliphatic carbocycles. The van der Waals surface area contributed by atoms with Gasteiger partial charge in [0.15, 0.2) is 0 Å². The maximum Gasteiger partial charge on any atom is 0.416 e. The van der Waals surface area contributed by atoms with Crippen LogP contribution in [0.25, 0.3) is 0 Å². The second kappa shape index (κ2) is 5.70. The standard InChI is InChI=1S/C12H12ClF3N4/c1-20-5-3-9(19-20)2-4-17-11-7-8(12(14,15)16)6-10(13)18-11/h3,5-7H,2,4H2,1H3,(H,17,18). The Morgan fingerprint density at radius 2 is 2.10 bits per heavy atom. The number of aryl methyl sites for hydroxylation is 1. The van der Waals surface area contributed by atoms with E-state index in [1.807, 2.05) is 6.07 Å². The number of hydrogen-bond donors (Lipinski definition) is 1. The summed E-state index contributed by atoms with van der Waals surface area (Å²) >= 11 is 5.59. The number of rotatable bonds is 4. The van der Waals surface area contributed by atoms with Crippen molar-refractivity contribution in [1.82, 2.24) is 14.8 Å². The quantitative estimate of drug-likeness (QED) is 0.882. The summed E-state index contributed by atoms with van der Waals surface area (Å²) in [5.74, 6) is 0.0979. The van der Waals surface area contributed by atoms with Gasteiger partial charge in [-0.1, -0.05) is 11.6 Å². The third-order valence-electron chi connectivity index (χ3n) is 2.58. The average Bonchev–Trinajstić information content (AvgIpc) is 2.73. The lowest BCUT2D eigenvalue weighted by atomic mass is 10.2. The van der Waals surface area contributed by atoms with E-state index in [2.05, 4.69) is 15.4 Å². The van der Waals surface area contributed by atoms with E-state index < -0.39 is 11.7 Å². The molecule has 2 rings (SSSR count). The molecule has 0 saturated carbocycles. The van der Waals surface area contributed by atoms with Crippen LogP contribution in [0.1, 0.15) is 11.3 Å². The summed E-state index contributed by atoms with van der Waals surface area (Å²) in [5, 5.41) is 6.78. The smallest absolute Gasteiger partial charge is 0.370 e. The molecule has 20 heavy (non-hydrogen) atoms. The Balaban J connectivity index is 2.00. The van der Waals surface area contributed by atoms with Gasteiger partial charge in [-0.15, -0.1) is 0 Å². The van der Waals surface area contributed by atoms with Gasteiger partial charge in [0.2, 0.25) is 0 Å². The molecule has 0 amide bonds. The van der Waals surface area contributed by atoms with Crippen molar-refractivity contribution >= 4 is 17.4 Å². The summed E-state index contributed by atoms with van der Waals surface area (Å²) < 4.78 is 39.5. The molecule has 0 saturated heterocycles. The largest absolute Gasteiger partial charge is 0.416 e. The Morgan fingerprint density at radius 3 is 2.70 bits per heavy atom. The Kier molecular flexibility index (Phi) is 4.17. The van der Waals surface area contributed by atoms with Gasteiger partial charge in [-0.05, 0) is 18.2 Å². The number of alkyl halides is 3. The molecular formula is C12H12ClF3N4. The van der Waals surface area contributed by atoms with E-state index in [0.717, 1.165) is 17.8 Å². The minimum atomic E-state index is -4.44. The van der Waals surface area contributed by atoms with Crippen molar-refractivity contribution in [3.8, 4) is 0 Å². The fourth-order valence-corrected chi connectivity index (χ4v) is 1.87. The van der Waals surface area contributed by atoms with Crippen molar-refractivity contribution in [2.45, 2.75) is 12.6 Å². The van der Waals surface area contributed by atoms with E-state index in [1.54, 1.807) is 17.9 Å². The fraction of sp³-hybridized carbons (Fsp3) is 0.333. The van der Waals surface area contributed by atoms with Gasteiger partial charge in [-0.2, -0.15) is 18.3 Å². The van der Waals surface area contributed by atoms with Crippen LogP contribution in [0.15, 0.2) is 24.4 Å². The zero-order valence-corrected chi connectivity index (χ0v) is 11.3. The Morgan fingerprint density at radius 1 is 1.35 bits per heavy atom. The molecule has 0 aliphatic heterocycles. The fourth-order valence-electron chi connectivity index (χ4n) is 1.67. The van der Waals surface area contributed by atoms with Crippen molar-refractivity contribution in [3.05, 3.63) is 40.8 Å². The van der Waals surface area contributed by atoms with Crippen molar-refractivity contribution in [2.24, 2.45) is 7.05 Å². The van der Waals surface area contributed by atoms with E-state index in [1.165, 1.54) is 0 Å². The molecule has 4 nitrogen and oxygen atoms in total. The Bertz CT molecular complexity index is 595. The molecule has 0 bridgehead atoms. The first kappa shape index (κ1) is 14.6. The van der Waals surface area contributed by atoms with E-state index in [4.69, 9.17) is 11.6 Å². The van der Waals surface area contributed by atoms with Gasteiger partial charge in [0.05, 0.1) is 11.3 Å². The van der Waals surface area contributed by atoms with Crippen molar-refractivity contribution in [2.75, 3.05) is 11.9 Å². The maximum absolute atomic E-state index is 12.6. The third-order valence-corrected chi connectivity index (χ3v) is 2.77. The molecule has 8 heteroatoms. The molecular weight excluding hydrogens is 293 g/mol. The minimum Gasteiger partial charge on any atom is -0.370 e. The number of hydrogen-bond acceptors (Lipinski definition) is 3. The highest BCUT2D eigenvalue weighted by atomic mass is 35.5. The monoisotopic (exact) mass is 304 g/mol. The lowest BCUT2D eigenvalue weighted by Gasteiger charge is -2.10. The van der Waals surface area contributed by atoms with Gasteiger partial charge in [-0.25, -0.2) is 4.98 Å². The first-order valence-corrected chi connectivity index (χ1v) is 6.19. The zero-order chi connectivity index (χ0) is 14.8. The highest BCUT2D eigenvalue weighted by molar-refractivity contribution is 6.29. The Labute approximate surface area is 118 Å². The second-order valence-corrected chi connectivity index (χ2v) is 4.61. The first-order valence-electron chi connectivity index (χ1n) is 5.82. The number of nitrogens with one attached hydrogen (secondary N) is 1. The SMILES string of the molecule is Cn1ccc(CCNc2cc(C(F)(F)F)cc(Cl)n2)n1. The van der Waals surface area contributed by atoms with Crippen LogP contribution in [0, 0.1) is 0 Å². The number of aromatic nitrogens is 3. The molecule has 2 aromatic rings. The van der Waals surface area contributed by atoms with Gasteiger partial charge >= 0.3 is 6.18 Å². The molecule has 0 atom stereocenters. The maximum atomic E-state index is 12.6. The van der Waals surface area contributed by atoms with Crippen LogP contribution in [-0.4, -0.2) is 21.3 Å². The van der Waals surface area contributed by atoms with Crippen LogP contribution in [0.4, 0.5) is 19.0 Å². The lowest BCUT2D eigenvalue weighted by molar-refractivity contribution is -0.137. The van der Waals surface area contributed by atoms with Crippen LogP contribution in [0.2, 0.25) is 5.15 Å². The highest BCUT2D eigenvalue weighted by Crippen LogP contribution is 2.31. The molecule has 0 unspecified atom stereocenters. The number of nitrogens with zero attached hydrogens (tertiary/aromatic N) is 3. The summed E-state index contributed by atoms with van der Waals surface area (Å²) in [5.41, 5.74) is 0.0240. The van der Waals surface area contributed by atoms with Crippen LogP contribution in [-0.2, 0) is 19.6 Å². The number of anilines is 1. The van der Waals surface area contributed by atoms with Crippen molar-refractivity contribution in [1.29, 1.82) is 0 Å². The first-order chi connectivity index (χ1) is 9.34. The number of pyridine rings is 1. The van der Waals surface area contributed by atoms with Gasteiger partial charge in [0.25, 0.3) is 0 Å². The minimum absolute atomic E-state index is 0.0979. The predicted molar refractivity (Wildman–Crippen MR) is 69.7 cm³/mol. The molecule has 0 aromatic carbocycles. The average molecular weight is 305 g/mol. The Hall–Kier alpha value is -1.76. The van der Waals surface area contributed by atoms with Gasteiger partial charge < -0.3 is 5.32 Å². The predicted octanol–water partition coefficient (Wildman–Crippen LogP) is 3.14. The molecule has 0 fully saturated rings. The van der Waals surface area contributed by atoms with E-state index in [9.17, 15) is 13.2 Å². The summed E-state index contributed by atoms with van der Waals surface area (Å²) in [6.45, 7) is 0.418. The number of halogens is 4. The summed E-state index contributed by atoms with van der Waals surface area (Å²) in [7, 11) is 1.80. The van der Waals surface area contributed by atoms with Gasteiger partial charge in [0.1, 0.15) is 11.0 Å². The molecule has 2 aromatic heterocycles. The molecule has 1 N–H and O–H groups in total. The van der Waals surface area contributed by atoms with Crippen molar-refractivity contribution < 1.29 is 13.2 Å². The van der Waals surface area contributed by atoms with E-state index >= 15 is 0 Å². The molecule has 0 spiro atoms. The van der Waals surface area contributed by atoms with E-state index in [-0.39, 0.29) is 11.0 Å². The van der Waals surface area contributed by atoms with Gasteiger partial charge in [-0.3, -0.25) is 4.68 Å². The van der Waals surface area contributed by atoms with Crippen LogP contribution in [0.5, 0.6) is 0 Å². The normalized spacial score (nSPS) is 11.7. The summed E-state index contributed by atoms with van der Waals surface area (Å²) in [6, 6.07) is 3.57. The second-order valence-electron chi connectivity index (χ2n) is 4.22. The van der Waals surface area contributed by atoms with Crippen LogP contribution < -0.4 is 5.32 Å². The van der Waals surface area contributed by atoms with Crippen LogP contribution >= 0.6 is 11.6 Å². The highest BCUT2D eigenvalue weighted by Gasteiger charge is 2.31. The molecule has 0 aliphatic rings. The summed E-state index contributed by atoms with van der Waals surface area (Å²) in [4.78, 5) is 3.81. The van der Waals surface area contributed by atoms with Gasteiger partial charge in [0, 0.05) is 26.2 Å². The lowest BCUT2D eigenvalue weighted by Crippen LogP contribution is -2.10. The molecule has 2 heterocycles. The molecule has 108 valence electrons. The topological polar surface area (TPSA) is 42.7 Å². The molecule has 0 radical (unpaired) electrons. The van der Waals surface area contributed by atoms with Crippen molar-refractivity contribution in [3.63, 3.8) is 0 Å². The van der Waals surface area contributed by atoms with E-state index in [0.29, 0.717) is 13.0 Å².